The molecule has 1 aliphatic rings. The summed E-state index contributed by atoms with van der Waals surface area (Å²) in [4.78, 5) is 30.0. The van der Waals surface area contributed by atoms with Gasteiger partial charge in [-0.15, -0.1) is 0 Å². The van der Waals surface area contributed by atoms with Crippen LogP contribution in [0.15, 0.2) is 15.7 Å². The van der Waals surface area contributed by atoms with Gasteiger partial charge >= 0.3 is 5.69 Å². The van der Waals surface area contributed by atoms with Crippen LogP contribution >= 0.6 is 0 Å². The number of hydrogen-bond acceptors (Lipinski definition) is 4. The average molecular weight is 275 g/mol. The Hall–Kier alpha value is -2.15. The third kappa shape index (κ3) is 2.32. The summed E-state index contributed by atoms with van der Waals surface area (Å²) in [5.41, 5.74) is 2.66. The molecule has 7 heteroatoms. The molecule has 0 amide bonds. The Morgan fingerprint density at radius 2 is 2.10 bits per heavy atom. The highest BCUT2D eigenvalue weighted by molar-refractivity contribution is 5.21. The third-order valence-electron chi connectivity index (χ3n) is 3.53. The van der Waals surface area contributed by atoms with E-state index in [0.29, 0.717) is 36.8 Å². The summed E-state index contributed by atoms with van der Waals surface area (Å²) in [7, 11) is 0. The Morgan fingerprint density at radius 3 is 2.80 bits per heavy atom. The lowest BCUT2D eigenvalue weighted by molar-refractivity contribution is 0.270. The Balaban J connectivity index is 1.77. The first-order valence-electron chi connectivity index (χ1n) is 6.64. The van der Waals surface area contributed by atoms with Crippen LogP contribution in [0.25, 0.3) is 0 Å². The smallest absolute Gasteiger partial charge is 0.310 e. The maximum atomic E-state index is 11.7. The summed E-state index contributed by atoms with van der Waals surface area (Å²) in [6.07, 6.45) is 0. The molecular formula is C13H17N5O2. The zero-order valence-corrected chi connectivity index (χ0v) is 11.5. The molecule has 1 aliphatic heterocycles. The van der Waals surface area contributed by atoms with Crippen LogP contribution in [-0.4, -0.2) is 25.1 Å². The molecule has 0 bridgehead atoms. The van der Waals surface area contributed by atoms with Crippen LogP contribution < -0.4 is 11.2 Å². The number of rotatable bonds is 3. The minimum Gasteiger partial charge on any atom is -0.310 e. The van der Waals surface area contributed by atoms with Gasteiger partial charge in [-0.1, -0.05) is 13.8 Å². The lowest BCUT2D eigenvalue weighted by Gasteiger charge is -2.12. The molecular weight excluding hydrogens is 258 g/mol. The minimum atomic E-state index is -0.445. The predicted molar refractivity (Wildman–Crippen MR) is 73.3 cm³/mol. The van der Waals surface area contributed by atoms with Gasteiger partial charge in [-0.2, -0.15) is 5.10 Å². The highest BCUT2D eigenvalue weighted by Gasteiger charge is 2.23. The van der Waals surface area contributed by atoms with Crippen molar-refractivity contribution >= 4 is 0 Å². The van der Waals surface area contributed by atoms with E-state index in [-0.39, 0.29) is 5.56 Å². The van der Waals surface area contributed by atoms with E-state index < -0.39 is 5.69 Å². The van der Waals surface area contributed by atoms with E-state index in [1.54, 1.807) is 0 Å². The van der Waals surface area contributed by atoms with Gasteiger partial charge in [-0.25, -0.2) is 4.79 Å². The summed E-state index contributed by atoms with van der Waals surface area (Å²) in [6.45, 7) is 5.98. The summed E-state index contributed by atoms with van der Waals surface area (Å²) in [5, 5.41) is 7.28. The normalized spacial score (nSPS) is 14.9. The van der Waals surface area contributed by atoms with Gasteiger partial charge in [-0.3, -0.25) is 19.8 Å². The van der Waals surface area contributed by atoms with Gasteiger partial charge in [0.2, 0.25) is 0 Å². The molecule has 0 spiro atoms. The van der Waals surface area contributed by atoms with Crippen LogP contribution in [0.5, 0.6) is 0 Å². The predicted octanol–water partition coefficient (Wildman–Crippen LogP) is 0.426. The molecule has 0 saturated heterocycles. The number of fused-ring (bicyclic) bond motifs is 1. The number of aromatic amines is 3. The first kappa shape index (κ1) is 12.9. The Morgan fingerprint density at radius 1 is 1.30 bits per heavy atom. The van der Waals surface area contributed by atoms with E-state index >= 15 is 0 Å². The molecule has 3 heterocycles. The SMILES string of the molecule is CC(C)c1cc(CN2Cc3[nH]c(=O)[nH]c(=O)c3C2)[nH]n1. The van der Waals surface area contributed by atoms with Gasteiger partial charge in [0.05, 0.1) is 11.3 Å². The highest BCUT2D eigenvalue weighted by Crippen LogP contribution is 2.19. The second kappa shape index (κ2) is 4.75. The molecule has 7 nitrogen and oxygen atoms in total. The van der Waals surface area contributed by atoms with Crippen molar-refractivity contribution in [1.82, 2.24) is 25.1 Å². The van der Waals surface area contributed by atoms with Gasteiger partial charge in [-0.05, 0) is 12.0 Å². The second-order valence-corrected chi connectivity index (χ2v) is 5.48. The zero-order valence-electron chi connectivity index (χ0n) is 11.5. The van der Waals surface area contributed by atoms with Crippen molar-refractivity contribution in [2.45, 2.75) is 39.4 Å². The molecule has 0 unspecified atom stereocenters. The summed E-state index contributed by atoms with van der Waals surface area (Å²) in [5.74, 6) is 0.384. The first-order chi connectivity index (χ1) is 9.52. The van der Waals surface area contributed by atoms with Gasteiger partial charge in [0.15, 0.2) is 0 Å². The van der Waals surface area contributed by atoms with E-state index in [1.165, 1.54) is 0 Å². The maximum absolute atomic E-state index is 11.7. The first-order valence-corrected chi connectivity index (χ1v) is 6.64. The summed E-state index contributed by atoms with van der Waals surface area (Å²) < 4.78 is 0. The minimum absolute atomic E-state index is 0.293. The monoisotopic (exact) mass is 275 g/mol. The van der Waals surface area contributed by atoms with E-state index in [9.17, 15) is 9.59 Å². The number of aromatic nitrogens is 4. The third-order valence-corrected chi connectivity index (χ3v) is 3.53. The molecule has 0 saturated carbocycles. The molecule has 0 aliphatic carbocycles. The summed E-state index contributed by atoms with van der Waals surface area (Å²) in [6, 6.07) is 2.04. The molecule has 2 aromatic rings. The van der Waals surface area contributed by atoms with E-state index in [0.717, 1.165) is 11.4 Å². The molecule has 3 rings (SSSR count). The number of H-pyrrole nitrogens is 3. The molecule has 0 atom stereocenters. The Kier molecular flexibility index (Phi) is 3.06. The van der Waals surface area contributed by atoms with Crippen LogP contribution in [0, 0.1) is 0 Å². The van der Waals surface area contributed by atoms with Crippen molar-refractivity contribution in [3.8, 4) is 0 Å². The zero-order chi connectivity index (χ0) is 14.3. The van der Waals surface area contributed by atoms with Gasteiger partial charge in [0, 0.05) is 31.0 Å². The summed E-state index contributed by atoms with van der Waals surface area (Å²) >= 11 is 0. The van der Waals surface area contributed by atoms with E-state index in [1.807, 2.05) is 6.07 Å². The van der Waals surface area contributed by atoms with E-state index in [4.69, 9.17) is 0 Å². The number of nitrogens with zero attached hydrogens (tertiary/aromatic N) is 2. The van der Waals surface area contributed by atoms with Crippen molar-refractivity contribution in [2.24, 2.45) is 0 Å². The quantitative estimate of drug-likeness (QED) is 0.756. The van der Waals surface area contributed by atoms with Gasteiger partial charge in [0.25, 0.3) is 5.56 Å². The molecule has 0 radical (unpaired) electrons. The lowest BCUT2D eigenvalue weighted by Crippen LogP contribution is -2.25. The molecule has 106 valence electrons. The maximum Gasteiger partial charge on any atom is 0.325 e. The van der Waals surface area contributed by atoms with Crippen molar-refractivity contribution in [3.05, 3.63) is 49.5 Å². The van der Waals surface area contributed by atoms with Gasteiger partial charge in [0.1, 0.15) is 0 Å². The van der Waals surface area contributed by atoms with Crippen LogP contribution in [0.1, 0.15) is 42.4 Å². The fraction of sp³-hybridized carbons (Fsp3) is 0.462. The van der Waals surface area contributed by atoms with Crippen LogP contribution in [-0.2, 0) is 19.6 Å². The van der Waals surface area contributed by atoms with Crippen molar-refractivity contribution in [3.63, 3.8) is 0 Å². The van der Waals surface area contributed by atoms with Crippen molar-refractivity contribution in [1.29, 1.82) is 0 Å². The van der Waals surface area contributed by atoms with Crippen molar-refractivity contribution in [2.75, 3.05) is 0 Å². The van der Waals surface area contributed by atoms with Crippen LogP contribution in [0.3, 0.4) is 0 Å². The molecule has 0 aromatic carbocycles. The molecule has 0 fully saturated rings. The van der Waals surface area contributed by atoms with Gasteiger partial charge < -0.3 is 4.98 Å². The Labute approximate surface area is 115 Å². The van der Waals surface area contributed by atoms with Crippen molar-refractivity contribution < 1.29 is 0 Å². The fourth-order valence-electron chi connectivity index (χ4n) is 2.47. The topological polar surface area (TPSA) is 97.6 Å². The van der Waals surface area contributed by atoms with E-state index in [2.05, 4.69) is 38.9 Å². The van der Waals surface area contributed by atoms with Crippen LogP contribution in [0.4, 0.5) is 0 Å². The molecule has 20 heavy (non-hydrogen) atoms. The number of nitrogens with one attached hydrogen (secondary N) is 3. The highest BCUT2D eigenvalue weighted by atomic mass is 16.2. The standard InChI is InChI=1S/C13H17N5O2/c1-7(2)10-3-8(16-17-10)4-18-5-9-11(6-18)14-13(20)15-12(9)19/h3,7H,4-6H2,1-2H3,(H,16,17)(H2,14,15,19,20). The fourth-order valence-corrected chi connectivity index (χ4v) is 2.47. The van der Waals surface area contributed by atoms with Crippen LogP contribution in [0.2, 0.25) is 0 Å². The molecule has 3 N–H and O–H groups in total. The largest absolute Gasteiger partial charge is 0.325 e. The average Bonchev–Trinajstić information content (AvgIpc) is 2.96. The second-order valence-electron chi connectivity index (χ2n) is 5.48. The Bertz CT molecular complexity index is 740. The lowest BCUT2D eigenvalue weighted by atomic mass is 10.1. The number of hydrogen-bond donors (Lipinski definition) is 3. The molecule has 2 aromatic heterocycles.